The molecule has 0 aliphatic heterocycles. The molecule has 2 N–H and O–H groups in total. The summed E-state index contributed by atoms with van der Waals surface area (Å²) in [4.78, 5) is 21.6. The Bertz CT molecular complexity index is 287. The first-order valence-electron chi connectivity index (χ1n) is 5.56. The zero-order valence-electron chi connectivity index (χ0n) is 11.0. The van der Waals surface area contributed by atoms with Gasteiger partial charge in [0.2, 0.25) is 0 Å². The topological polar surface area (TPSA) is 102 Å². The van der Waals surface area contributed by atoms with Gasteiger partial charge >= 0.3 is 12.3 Å². The number of aliphatic hydroxyl groups excluding tert-OH is 1. The predicted molar refractivity (Wildman–Crippen MR) is 61.4 cm³/mol. The summed E-state index contributed by atoms with van der Waals surface area (Å²) < 4.78 is 14.3. The van der Waals surface area contributed by atoms with Crippen LogP contribution < -0.4 is 0 Å². The highest BCUT2D eigenvalue weighted by molar-refractivity contribution is 5.60. The van der Waals surface area contributed by atoms with Gasteiger partial charge in [-0.1, -0.05) is 0 Å². The van der Waals surface area contributed by atoms with Gasteiger partial charge in [-0.05, 0) is 27.7 Å². The van der Waals surface area contributed by atoms with Crippen LogP contribution in [-0.4, -0.2) is 46.9 Å². The van der Waals surface area contributed by atoms with E-state index < -0.39 is 30.1 Å². The Balaban J connectivity index is 4.20. The molecule has 0 bridgehead atoms. The predicted octanol–water partition coefficient (Wildman–Crippen LogP) is 1.77. The first kappa shape index (κ1) is 16.5. The maximum Gasteiger partial charge on any atom is 0.509 e. The summed E-state index contributed by atoms with van der Waals surface area (Å²) in [7, 11) is 0. The lowest BCUT2D eigenvalue weighted by Gasteiger charge is -2.27. The van der Waals surface area contributed by atoms with E-state index in [9.17, 15) is 9.59 Å². The number of ether oxygens (including phenoxy) is 3. The molecule has 0 aromatic heterocycles. The molecule has 0 amide bonds. The van der Waals surface area contributed by atoms with Gasteiger partial charge in [0, 0.05) is 6.42 Å². The second kappa shape index (κ2) is 7.05. The number of hydrogen-bond acceptors (Lipinski definition) is 6. The minimum atomic E-state index is -1.38. The zero-order valence-corrected chi connectivity index (χ0v) is 11.0. The van der Waals surface area contributed by atoms with Crippen LogP contribution in [0.3, 0.4) is 0 Å². The number of aliphatic hydroxyl groups is 1. The molecule has 0 aromatic rings. The van der Waals surface area contributed by atoms with Crippen molar-refractivity contribution in [3.8, 4) is 0 Å². The van der Waals surface area contributed by atoms with Crippen LogP contribution in [0.25, 0.3) is 0 Å². The minimum Gasteiger partial charge on any atom is -0.450 e. The van der Waals surface area contributed by atoms with E-state index in [-0.39, 0.29) is 13.0 Å². The maximum atomic E-state index is 11.3. The molecule has 0 aromatic carbocycles. The number of carbonyl (C=O) groups is 2. The number of carboxylic acid groups (broad SMARTS) is 1. The normalized spacial score (nSPS) is 14.5. The Morgan fingerprint density at radius 1 is 1.17 bits per heavy atom. The van der Waals surface area contributed by atoms with Crippen LogP contribution in [0.5, 0.6) is 0 Å². The van der Waals surface area contributed by atoms with Gasteiger partial charge in [-0.3, -0.25) is 0 Å². The molecule has 2 atom stereocenters. The molecule has 7 nitrogen and oxygen atoms in total. The molecule has 0 saturated carbocycles. The van der Waals surface area contributed by atoms with E-state index in [4.69, 9.17) is 19.7 Å². The van der Waals surface area contributed by atoms with Crippen LogP contribution in [0.15, 0.2) is 0 Å². The second-order valence-electron chi connectivity index (χ2n) is 4.62. The molecule has 106 valence electrons. The summed E-state index contributed by atoms with van der Waals surface area (Å²) in [6, 6.07) is 0. The van der Waals surface area contributed by atoms with Gasteiger partial charge in [-0.15, -0.1) is 0 Å². The largest absolute Gasteiger partial charge is 0.509 e. The molecule has 0 radical (unpaired) electrons. The molecule has 0 rings (SSSR count). The smallest absolute Gasteiger partial charge is 0.450 e. The van der Waals surface area contributed by atoms with Crippen molar-refractivity contribution in [3.63, 3.8) is 0 Å². The first-order chi connectivity index (χ1) is 8.16. The highest BCUT2D eigenvalue weighted by Gasteiger charge is 2.28. The maximum absolute atomic E-state index is 11.3. The van der Waals surface area contributed by atoms with Crippen molar-refractivity contribution in [3.05, 3.63) is 0 Å². The Morgan fingerprint density at radius 3 is 2.17 bits per heavy atom. The van der Waals surface area contributed by atoms with Gasteiger partial charge in [0.1, 0.15) is 17.8 Å². The number of rotatable bonds is 6. The summed E-state index contributed by atoms with van der Waals surface area (Å²) >= 11 is 0. The summed E-state index contributed by atoms with van der Waals surface area (Å²) in [5, 5.41) is 17.1. The molecule has 0 aliphatic carbocycles. The summed E-state index contributed by atoms with van der Waals surface area (Å²) in [6.45, 7) is 6.00. The second-order valence-corrected chi connectivity index (χ2v) is 4.62. The molecule has 0 saturated heterocycles. The van der Waals surface area contributed by atoms with Crippen molar-refractivity contribution in [2.75, 3.05) is 6.61 Å². The van der Waals surface area contributed by atoms with Crippen molar-refractivity contribution < 1.29 is 34.0 Å². The van der Waals surface area contributed by atoms with Crippen LogP contribution >= 0.6 is 0 Å². The van der Waals surface area contributed by atoms with Gasteiger partial charge in [0.25, 0.3) is 0 Å². The average molecular weight is 264 g/mol. The van der Waals surface area contributed by atoms with Crippen LogP contribution in [-0.2, 0) is 14.2 Å². The van der Waals surface area contributed by atoms with Crippen LogP contribution in [0.2, 0.25) is 0 Å². The third-order valence-corrected chi connectivity index (χ3v) is 2.00. The van der Waals surface area contributed by atoms with E-state index in [0.29, 0.717) is 0 Å². The van der Waals surface area contributed by atoms with Gasteiger partial charge in [-0.2, -0.15) is 0 Å². The molecule has 7 heteroatoms. The van der Waals surface area contributed by atoms with E-state index in [1.807, 2.05) is 0 Å². The highest BCUT2D eigenvalue weighted by atomic mass is 16.7. The highest BCUT2D eigenvalue weighted by Crippen LogP contribution is 2.19. The van der Waals surface area contributed by atoms with Crippen molar-refractivity contribution in [2.45, 2.75) is 51.9 Å². The van der Waals surface area contributed by atoms with Crippen molar-refractivity contribution in [1.82, 2.24) is 0 Å². The molecule has 0 fully saturated rings. The zero-order chi connectivity index (χ0) is 14.3. The summed E-state index contributed by atoms with van der Waals surface area (Å²) in [6.07, 6.45) is -3.36. The SMILES string of the molecule is CC(CC(C)(C)OC(=O)OC(C)CO)OC(=O)O. The van der Waals surface area contributed by atoms with Crippen LogP contribution in [0.1, 0.15) is 34.1 Å². The molecule has 0 spiro atoms. The van der Waals surface area contributed by atoms with E-state index in [2.05, 4.69) is 4.74 Å². The molecule has 18 heavy (non-hydrogen) atoms. The molecule has 0 heterocycles. The van der Waals surface area contributed by atoms with Crippen LogP contribution in [0, 0.1) is 0 Å². The lowest BCUT2D eigenvalue weighted by atomic mass is 10.0. The fraction of sp³-hybridized carbons (Fsp3) is 0.818. The average Bonchev–Trinajstić information content (AvgIpc) is 2.13. The van der Waals surface area contributed by atoms with E-state index in [1.54, 1.807) is 20.8 Å². The van der Waals surface area contributed by atoms with Crippen molar-refractivity contribution in [2.24, 2.45) is 0 Å². The standard InChI is InChI=1S/C11H20O7/c1-7(16-9(13)14)5-11(3,4)18-10(15)17-8(2)6-12/h7-8,12H,5-6H2,1-4H3,(H,13,14). The Hall–Kier alpha value is -1.50. The molecular weight excluding hydrogens is 244 g/mol. The molecule has 0 aliphatic rings. The minimum absolute atomic E-state index is 0.196. The van der Waals surface area contributed by atoms with E-state index >= 15 is 0 Å². The van der Waals surface area contributed by atoms with E-state index in [0.717, 1.165) is 0 Å². The van der Waals surface area contributed by atoms with Crippen molar-refractivity contribution >= 4 is 12.3 Å². The van der Waals surface area contributed by atoms with Crippen molar-refractivity contribution in [1.29, 1.82) is 0 Å². The van der Waals surface area contributed by atoms with Gasteiger partial charge in [-0.25, -0.2) is 9.59 Å². The number of carbonyl (C=O) groups excluding carboxylic acids is 1. The fourth-order valence-electron chi connectivity index (χ4n) is 1.40. The first-order valence-corrected chi connectivity index (χ1v) is 5.56. The molecule has 2 unspecified atom stereocenters. The Kier molecular flexibility index (Phi) is 6.46. The number of hydrogen-bond donors (Lipinski definition) is 2. The molecular formula is C11H20O7. The summed E-state index contributed by atoms with van der Waals surface area (Å²) in [5.74, 6) is 0. The Labute approximate surface area is 106 Å². The van der Waals surface area contributed by atoms with Gasteiger partial charge in [0.05, 0.1) is 6.61 Å². The van der Waals surface area contributed by atoms with Gasteiger partial charge in [0.15, 0.2) is 0 Å². The quantitative estimate of drug-likeness (QED) is 0.705. The van der Waals surface area contributed by atoms with Crippen LogP contribution in [0.4, 0.5) is 9.59 Å². The summed E-state index contributed by atoms with van der Waals surface area (Å²) in [5.41, 5.74) is -0.929. The monoisotopic (exact) mass is 264 g/mol. The third kappa shape index (κ3) is 7.72. The Morgan fingerprint density at radius 2 is 1.72 bits per heavy atom. The lowest BCUT2D eigenvalue weighted by Crippen LogP contribution is -2.34. The third-order valence-electron chi connectivity index (χ3n) is 2.00. The van der Waals surface area contributed by atoms with E-state index in [1.165, 1.54) is 6.92 Å². The van der Waals surface area contributed by atoms with Gasteiger partial charge < -0.3 is 24.4 Å². The lowest BCUT2D eigenvalue weighted by molar-refractivity contribution is -0.0584. The fourth-order valence-corrected chi connectivity index (χ4v) is 1.40.